The molecule has 1 aliphatic rings. The molecule has 1 saturated heterocycles. The molecule has 1 unspecified atom stereocenters. The van der Waals surface area contributed by atoms with Crippen molar-refractivity contribution in [1.29, 1.82) is 0 Å². The summed E-state index contributed by atoms with van der Waals surface area (Å²) in [5.74, 6) is 0. The molecule has 1 atom stereocenters. The van der Waals surface area contributed by atoms with Crippen molar-refractivity contribution in [3.8, 4) is 0 Å². The van der Waals surface area contributed by atoms with E-state index in [1.54, 1.807) is 11.3 Å². The van der Waals surface area contributed by atoms with Gasteiger partial charge in [-0.15, -0.1) is 11.3 Å². The first kappa shape index (κ1) is 25.7. The number of benzene rings is 3. The smallest absolute Gasteiger partial charge is 0.109 e. The van der Waals surface area contributed by atoms with Gasteiger partial charge in [-0.1, -0.05) is 65.7 Å². The number of aliphatic hydroxyl groups excluding tert-OH is 1. The van der Waals surface area contributed by atoms with E-state index >= 15 is 0 Å². The standard InChI is InChI=1S/C29H30Cl2N2O2S/c30-23-9-5-21(6-10-23)29(22-7-11-24(31)12-8-22)35-20-33-17-15-32(16-18-33)14-13-27(34)26-19-36-28-4-2-1-3-25(26)28/h1-12,19,27,29,34H,13-18,20H2. The number of thiophene rings is 1. The van der Waals surface area contributed by atoms with Crippen molar-refractivity contribution in [1.82, 2.24) is 9.80 Å². The lowest BCUT2D eigenvalue weighted by Gasteiger charge is -2.35. The summed E-state index contributed by atoms with van der Waals surface area (Å²) in [6.45, 7) is 5.24. The fourth-order valence-corrected chi connectivity index (χ4v) is 5.96. The maximum Gasteiger partial charge on any atom is 0.109 e. The molecule has 3 aromatic carbocycles. The minimum atomic E-state index is -0.429. The number of rotatable bonds is 9. The highest BCUT2D eigenvalue weighted by Gasteiger charge is 2.22. The van der Waals surface area contributed by atoms with Gasteiger partial charge in [0.05, 0.1) is 6.10 Å². The zero-order valence-electron chi connectivity index (χ0n) is 20.0. The van der Waals surface area contributed by atoms with Crippen LogP contribution in [0.2, 0.25) is 10.0 Å². The van der Waals surface area contributed by atoms with Crippen LogP contribution in [0.15, 0.2) is 78.2 Å². The van der Waals surface area contributed by atoms with Crippen LogP contribution in [0.3, 0.4) is 0 Å². The summed E-state index contributed by atoms with van der Waals surface area (Å²) in [4.78, 5) is 4.78. The summed E-state index contributed by atoms with van der Waals surface area (Å²) in [7, 11) is 0. The zero-order valence-corrected chi connectivity index (χ0v) is 22.4. The highest BCUT2D eigenvalue weighted by Crippen LogP contribution is 2.32. The molecule has 7 heteroatoms. The quantitative estimate of drug-likeness (QED) is 0.247. The molecule has 1 aliphatic heterocycles. The van der Waals surface area contributed by atoms with E-state index in [0.717, 1.165) is 55.8 Å². The average Bonchev–Trinajstić information content (AvgIpc) is 3.34. The van der Waals surface area contributed by atoms with Crippen LogP contribution in [-0.2, 0) is 4.74 Å². The van der Waals surface area contributed by atoms with Crippen LogP contribution in [0.1, 0.15) is 35.3 Å². The molecule has 2 heterocycles. The fourth-order valence-electron chi connectivity index (χ4n) is 4.70. The van der Waals surface area contributed by atoms with E-state index in [0.29, 0.717) is 16.8 Å². The molecule has 1 N–H and O–H groups in total. The Balaban J connectivity index is 1.13. The Hall–Kier alpha value is -1.96. The molecule has 0 radical (unpaired) electrons. The van der Waals surface area contributed by atoms with Gasteiger partial charge in [-0.2, -0.15) is 0 Å². The number of fused-ring (bicyclic) bond motifs is 1. The van der Waals surface area contributed by atoms with Gasteiger partial charge in [0.2, 0.25) is 0 Å². The van der Waals surface area contributed by atoms with E-state index in [1.165, 1.54) is 10.1 Å². The van der Waals surface area contributed by atoms with Crippen LogP contribution in [0.25, 0.3) is 10.1 Å². The molecule has 0 bridgehead atoms. The first-order valence-electron chi connectivity index (χ1n) is 12.3. The van der Waals surface area contributed by atoms with Crippen molar-refractivity contribution in [3.63, 3.8) is 0 Å². The molecule has 1 fully saturated rings. The Labute approximate surface area is 226 Å². The highest BCUT2D eigenvalue weighted by molar-refractivity contribution is 7.17. The van der Waals surface area contributed by atoms with E-state index in [9.17, 15) is 5.11 Å². The zero-order chi connectivity index (χ0) is 24.9. The lowest BCUT2D eigenvalue weighted by atomic mass is 10.0. The number of piperazine rings is 1. The van der Waals surface area contributed by atoms with Crippen molar-refractivity contribution in [2.24, 2.45) is 0 Å². The third-order valence-electron chi connectivity index (χ3n) is 6.82. The van der Waals surface area contributed by atoms with Crippen LogP contribution in [-0.4, -0.2) is 54.4 Å². The van der Waals surface area contributed by atoms with Crippen molar-refractivity contribution in [2.45, 2.75) is 18.6 Å². The summed E-state index contributed by atoms with van der Waals surface area (Å²) < 4.78 is 7.67. The second-order valence-electron chi connectivity index (χ2n) is 9.23. The normalized spacial score (nSPS) is 16.1. The van der Waals surface area contributed by atoms with Crippen LogP contribution in [0.4, 0.5) is 0 Å². The minimum absolute atomic E-state index is 0.187. The molecule has 188 valence electrons. The second kappa shape index (κ2) is 12.1. The molecule has 36 heavy (non-hydrogen) atoms. The van der Waals surface area contributed by atoms with Gasteiger partial charge in [-0.05, 0) is 64.2 Å². The van der Waals surface area contributed by atoms with Crippen molar-refractivity contribution in [2.75, 3.05) is 39.5 Å². The molecular formula is C29H30Cl2N2O2S. The predicted octanol–water partition coefficient (Wildman–Crippen LogP) is 7.01. The Morgan fingerprint density at radius 1 is 0.806 bits per heavy atom. The number of hydrogen-bond donors (Lipinski definition) is 1. The van der Waals surface area contributed by atoms with Crippen molar-refractivity contribution >= 4 is 44.6 Å². The summed E-state index contributed by atoms with van der Waals surface area (Å²) in [5, 5.41) is 15.5. The lowest BCUT2D eigenvalue weighted by molar-refractivity contribution is -0.0266. The van der Waals surface area contributed by atoms with Crippen LogP contribution >= 0.6 is 34.5 Å². The molecule has 1 aromatic heterocycles. The van der Waals surface area contributed by atoms with Crippen LogP contribution in [0, 0.1) is 0 Å². The molecule has 4 aromatic rings. The topological polar surface area (TPSA) is 35.9 Å². The Bertz CT molecular complexity index is 1210. The van der Waals surface area contributed by atoms with Crippen LogP contribution < -0.4 is 0 Å². The van der Waals surface area contributed by atoms with Gasteiger partial charge in [0, 0.05) is 47.5 Å². The summed E-state index contributed by atoms with van der Waals surface area (Å²) in [6, 6.07) is 24.0. The summed E-state index contributed by atoms with van der Waals surface area (Å²) in [6.07, 6.45) is 0.127. The first-order chi connectivity index (χ1) is 17.6. The minimum Gasteiger partial charge on any atom is -0.388 e. The van der Waals surface area contributed by atoms with E-state index in [1.807, 2.05) is 60.7 Å². The largest absolute Gasteiger partial charge is 0.388 e. The molecular weight excluding hydrogens is 511 g/mol. The van der Waals surface area contributed by atoms with Crippen LogP contribution in [0.5, 0.6) is 0 Å². The monoisotopic (exact) mass is 540 g/mol. The number of nitrogens with zero attached hydrogens (tertiary/aromatic N) is 2. The highest BCUT2D eigenvalue weighted by atomic mass is 35.5. The van der Waals surface area contributed by atoms with E-state index in [4.69, 9.17) is 27.9 Å². The Kier molecular flexibility index (Phi) is 8.60. The summed E-state index contributed by atoms with van der Waals surface area (Å²) in [5.41, 5.74) is 3.18. The maximum absolute atomic E-state index is 10.8. The molecule has 5 rings (SSSR count). The number of aliphatic hydroxyl groups is 1. The molecule has 0 amide bonds. The lowest BCUT2D eigenvalue weighted by Crippen LogP contribution is -2.47. The van der Waals surface area contributed by atoms with Crippen molar-refractivity contribution < 1.29 is 9.84 Å². The van der Waals surface area contributed by atoms with E-state index in [2.05, 4.69) is 27.3 Å². The summed E-state index contributed by atoms with van der Waals surface area (Å²) >= 11 is 13.9. The SMILES string of the molecule is OC(CCN1CCN(COC(c2ccc(Cl)cc2)c2ccc(Cl)cc2)CC1)c1csc2ccccc12. The van der Waals surface area contributed by atoms with Gasteiger partial charge in [0.15, 0.2) is 0 Å². The number of halogens is 2. The second-order valence-corrected chi connectivity index (χ2v) is 11.0. The maximum atomic E-state index is 10.8. The van der Waals surface area contributed by atoms with Gasteiger partial charge >= 0.3 is 0 Å². The number of hydrogen-bond acceptors (Lipinski definition) is 5. The third kappa shape index (κ3) is 6.29. The van der Waals surface area contributed by atoms with Gasteiger partial charge < -0.3 is 14.7 Å². The molecule has 0 aliphatic carbocycles. The molecule has 0 spiro atoms. The van der Waals surface area contributed by atoms with Gasteiger partial charge in [0.1, 0.15) is 12.8 Å². The fraction of sp³-hybridized carbons (Fsp3) is 0.310. The Morgan fingerprint density at radius 3 is 2.03 bits per heavy atom. The molecule has 0 saturated carbocycles. The third-order valence-corrected chi connectivity index (χ3v) is 8.31. The number of ether oxygens (including phenoxy) is 1. The first-order valence-corrected chi connectivity index (χ1v) is 13.9. The van der Waals surface area contributed by atoms with Gasteiger partial charge in [0.25, 0.3) is 0 Å². The van der Waals surface area contributed by atoms with Crippen molar-refractivity contribution in [3.05, 3.63) is 105 Å². The average molecular weight is 542 g/mol. The molecule has 4 nitrogen and oxygen atoms in total. The van der Waals surface area contributed by atoms with Gasteiger partial charge in [-0.3, -0.25) is 4.90 Å². The van der Waals surface area contributed by atoms with E-state index in [-0.39, 0.29) is 6.10 Å². The predicted molar refractivity (Wildman–Crippen MR) is 150 cm³/mol. The Morgan fingerprint density at radius 2 is 1.39 bits per heavy atom. The van der Waals surface area contributed by atoms with Gasteiger partial charge in [-0.25, -0.2) is 0 Å². The van der Waals surface area contributed by atoms with E-state index < -0.39 is 6.10 Å².